The van der Waals surface area contributed by atoms with Crippen molar-refractivity contribution in [2.45, 2.75) is 31.2 Å². The fraction of sp³-hybridized carbons (Fsp3) is 0.571. The first-order chi connectivity index (χ1) is 8.24. The van der Waals surface area contributed by atoms with Gasteiger partial charge in [0.1, 0.15) is 11.6 Å². The predicted molar refractivity (Wildman–Crippen MR) is 64.9 cm³/mol. The zero-order valence-corrected chi connectivity index (χ0v) is 10.2. The lowest BCUT2D eigenvalue weighted by Crippen LogP contribution is -2.27. The van der Waals surface area contributed by atoms with Crippen LogP contribution in [0.2, 0.25) is 0 Å². The Labute approximate surface area is 101 Å². The first kappa shape index (κ1) is 11.0. The maximum absolute atomic E-state index is 13.3. The maximum Gasteiger partial charge on any atom is 0.123 e. The van der Waals surface area contributed by atoms with Gasteiger partial charge in [-0.1, -0.05) is 0 Å². The summed E-state index contributed by atoms with van der Waals surface area (Å²) in [6.45, 7) is 1.90. The van der Waals surface area contributed by atoms with E-state index in [0.717, 1.165) is 17.7 Å². The van der Waals surface area contributed by atoms with Gasteiger partial charge in [-0.3, -0.25) is 0 Å². The van der Waals surface area contributed by atoms with Crippen molar-refractivity contribution in [1.29, 1.82) is 0 Å². The number of benzene rings is 1. The highest BCUT2D eigenvalue weighted by Gasteiger charge is 2.30. The number of nitrogens with zero attached hydrogens (tertiary/aromatic N) is 1. The van der Waals surface area contributed by atoms with Crippen LogP contribution in [-0.2, 0) is 0 Å². The van der Waals surface area contributed by atoms with Crippen molar-refractivity contribution in [3.05, 3.63) is 29.6 Å². The predicted octanol–water partition coefficient (Wildman–Crippen LogP) is 2.79. The molecule has 92 valence electrons. The Balaban J connectivity index is 1.76. The van der Waals surface area contributed by atoms with Crippen LogP contribution in [-0.4, -0.2) is 31.1 Å². The van der Waals surface area contributed by atoms with Crippen LogP contribution in [0.5, 0.6) is 5.75 Å². The molecule has 1 aromatic rings. The van der Waals surface area contributed by atoms with E-state index in [1.165, 1.54) is 25.5 Å². The summed E-state index contributed by atoms with van der Waals surface area (Å²) < 4.78 is 18.9. The van der Waals surface area contributed by atoms with Crippen LogP contribution in [0.25, 0.3) is 0 Å². The van der Waals surface area contributed by atoms with Crippen molar-refractivity contribution in [2.75, 3.05) is 20.2 Å². The highest BCUT2D eigenvalue weighted by Crippen LogP contribution is 2.38. The third kappa shape index (κ3) is 2.04. The molecule has 0 aliphatic carbocycles. The summed E-state index contributed by atoms with van der Waals surface area (Å²) in [5.74, 6) is 1.09. The highest BCUT2D eigenvalue weighted by atomic mass is 19.1. The summed E-state index contributed by atoms with van der Waals surface area (Å²) in [5.41, 5.74) is 1.06. The van der Waals surface area contributed by atoms with Gasteiger partial charge in [0.2, 0.25) is 0 Å². The van der Waals surface area contributed by atoms with E-state index in [-0.39, 0.29) is 5.82 Å². The molecule has 2 nitrogen and oxygen atoms in total. The van der Waals surface area contributed by atoms with Crippen LogP contribution < -0.4 is 4.74 Å². The van der Waals surface area contributed by atoms with Crippen LogP contribution in [0, 0.1) is 5.82 Å². The fourth-order valence-electron chi connectivity index (χ4n) is 3.05. The SMILES string of the molecule is CN1CCC[C@@H]1C[C@@H]1COc2ccc(F)cc21. The Morgan fingerprint density at radius 3 is 3.12 bits per heavy atom. The van der Waals surface area contributed by atoms with Gasteiger partial charge in [0.15, 0.2) is 0 Å². The maximum atomic E-state index is 13.3. The summed E-state index contributed by atoms with van der Waals surface area (Å²) in [6.07, 6.45) is 3.63. The van der Waals surface area contributed by atoms with E-state index in [0.29, 0.717) is 18.6 Å². The second kappa shape index (κ2) is 4.30. The minimum absolute atomic E-state index is 0.154. The molecule has 0 spiro atoms. The monoisotopic (exact) mass is 235 g/mol. The van der Waals surface area contributed by atoms with Gasteiger partial charge in [0, 0.05) is 17.5 Å². The van der Waals surface area contributed by atoms with Gasteiger partial charge >= 0.3 is 0 Å². The standard InChI is InChI=1S/C14H18FNO/c1-16-6-2-3-12(16)7-10-9-17-14-5-4-11(15)8-13(10)14/h4-5,8,10,12H,2-3,6-7,9H2,1H3/t10-,12-/m1/s1. The molecule has 0 unspecified atom stereocenters. The molecule has 2 aliphatic heterocycles. The first-order valence-electron chi connectivity index (χ1n) is 6.36. The normalized spacial score (nSPS) is 28.1. The lowest BCUT2D eigenvalue weighted by molar-refractivity contribution is 0.257. The molecule has 0 saturated carbocycles. The smallest absolute Gasteiger partial charge is 0.123 e. The van der Waals surface area contributed by atoms with E-state index in [1.54, 1.807) is 12.1 Å². The molecule has 0 radical (unpaired) electrons. The zero-order valence-electron chi connectivity index (χ0n) is 10.2. The molecule has 2 heterocycles. The van der Waals surface area contributed by atoms with E-state index in [4.69, 9.17) is 4.74 Å². The molecular weight excluding hydrogens is 217 g/mol. The summed E-state index contributed by atoms with van der Waals surface area (Å²) in [7, 11) is 2.18. The van der Waals surface area contributed by atoms with Gasteiger partial charge < -0.3 is 9.64 Å². The second-order valence-electron chi connectivity index (χ2n) is 5.20. The highest BCUT2D eigenvalue weighted by molar-refractivity contribution is 5.40. The molecule has 0 amide bonds. The molecule has 3 heteroatoms. The van der Waals surface area contributed by atoms with Gasteiger partial charge in [-0.2, -0.15) is 0 Å². The van der Waals surface area contributed by atoms with Crippen molar-refractivity contribution in [3.8, 4) is 5.75 Å². The van der Waals surface area contributed by atoms with E-state index >= 15 is 0 Å². The zero-order chi connectivity index (χ0) is 11.8. The van der Waals surface area contributed by atoms with Gasteiger partial charge in [-0.15, -0.1) is 0 Å². The molecule has 1 aromatic carbocycles. The lowest BCUT2D eigenvalue weighted by atomic mass is 9.93. The molecule has 2 aliphatic rings. The Bertz CT molecular complexity index is 421. The second-order valence-corrected chi connectivity index (χ2v) is 5.20. The summed E-state index contributed by atoms with van der Waals surface area (Å²) in [4.78, 5) is 2.41. The summed E-state index contributed by atoms with van der Waals surface area (Å²) in [5, 5.41) is 0. The van der Waals surface area contributed by atoms with Crippen molar-refractivity contribution in [3.63, 3.8) is 0 Å². The van der Waals surface area contributed by atoms with Gasteiger partial charge in [-0.25, -0.2) is 4.39 Å². The number of hydrogen-bond donors (Lipinski definition) is 0. The van der Waals surface area contributed by atoms with Crippen molar-refractivity contribution in [1.82, 2.24) is 4.90 Å². The van der Waals surface area contributed by atoms with Gasteiger partial charge in [0.05, 0.1) is 6.61 Å². The van der Waals surface area contributed by atoms with E-state index < -0.39 is 0 Å². The number of ether oxygens (including phenoxy) is 1. The lowest BCUT2D eigenvalue weighted by Gasteiger charge is -2.22. The summed E-state index contributed by atoms with van der Waals surface area (Å²) in [6, 6.07) is 5.51. The fourth-order valence-corrected chi connectivity index (χ4v) is 3.05. The number of fused-ring (bicyclic) bond motifs is 1. The Morgan fingerprint density at radius 2 is 2.35 bits per heavy atom. The molecule has 1 saturated heterocycles. The Morgan fingerprint density at radius 1 is 1.47 bits per heavy atom. The van der Waals surface area contributed by atoms with Gasteiger partial charge in [0.25, 0.3) is 0 Å². The minimum atomic E-state index is -0.154. The van der Waals surface area contributed by atoms with Crippen LogP contribution in [0.1, 0.15) is 30.7 Å². The molecule has 3 rings (SSSR count). The van der Waals surface area contributed by atoms with Crippen LogP contribution in [0.3, 0.4) is 0 Å². The van der Waals surface area contributed by atoms with Crippen molar-refractivity contribution < 1.29 is 9.13 Å². The molecule has 0 N–H and O–H groups in total. The number of hydrogen-bond acceptors (Lipinski definition) is 2. The molecule has 1 fully saturated rings. The Hall–Kier alpha value is -1.09. The van der Waals surface area contributed by atoms with E-state index in [2.05, 4.69) is 11.9 Å². The third-order valence-corrected chi connectivity index (χ3v) is 4.08. The van der Waals surface area contributed by atoms with Crippen molar-refractivity contribution in [2.24, 2.45) is 0 Å². The number of rotatable bonds is 2. The van der Waals surface area contributed by atoms with Crippen molar-refractivity contribution >= 4 is 0 Å². The van der Waals surface area contributed by atoms with Crippen LogP contribution in [0.4, 0.5) is 4.39 Å². The van der Waals surface area contributed by atoms with E-state index in [1.807, 2.05) is 0 Å². The van der Waals surface area contributed by atoms with Crippen LogP contribution in [0.15, 0.2) is 18.2 Å². The number of halogens is 1. The first-order valence-corrected chi connectivity index (χ1v) is 6.36. The topological polar surface area (TPSA) is 12.5 Å². The summed E-state index contributed by atoms with van der Waals surface area (Å²) >= 11 is 0. The Kier molecular flexibility index (Phi) is 2.79. The molecule has 17 heavy (non-hydrogen) atoms. The average molecular weight is 235 g/mol. The van der Waals surface area contributed by atoms with Crippen LogP contribution >= 0.6 is 0 Å². The molecular formula is C14H18FNO. The van der Waals surface area contributed by atoms with Gasteiger partial charge in [-0.05, 0) is 51.1 Å². The largest absolute Gasteiger partial charge is 0.493 e. The average Bonchev–Trinajstić information content (AvgIpc) is 2.88. The van der Waals surface area contributed by atoms with E-state index in [9.17, 15) is 4.39 Å². The molecule has 2 atom stereocenters. The molecule has 0 bridgehead atoms. The number of likely N-dealkylation sites (tertiary alicyclic amines) is 1. The third-order valence-electron chi connectivity index (χ3n) is 4.08. The molecule has 0 aromatic heterocycles. The minimum Gasteiger partial charge on any atom is -0.493 e. The quantitative estimate of drug-likeness (QED) is 0.781.